The van der Waals surface area contributed by atoms with Gasteiger partial charge in [0.1, 0.15) is 16.4 Å². The van der Waals surface area contributed by atoms with E-state index < -0.39 is 5.97 Å². The number of furan rings is 1. The van der Waals surface area contributed by atoms with Crippen LogP contribution in [0.5, 0.6) is 0 Å². The van der Waals surface area contributed by atoms with Gasteiger partial charge < -0.3 is 9.15 Å². The Bertz CT molecular complexity index is 1170. The number of hydrogen-bond acceptors (Lipinski definition) is 7. The number of aryl methyl sites for hydroxylation is 1. The van der Waals surface area contributed by atoms with Gasteiger partial charge in [-0.25, -0.2) is 9.78 Å². The van der Waals surface area contributed by atoms with E-state index >= 15 is 0 Å². The van der Waals surface area contributed by atoms with E-state index in [-0.39, 0.29) is 17.9 Å². The van der Waals surface area contributed by atoms with Crippen molar-refractivity contribution in [2.45, 2.75) is 19.9 Å². The number of carbonyl (C=O) groups is 1. The summed E-state index contributed by atoms with van der Waals surface area (Å²) in [6.45, 7) is 2.17. The molecule has 138 valence electrons. The molecule has 4 aromatic heterocycles. The number of esters is 1. The van der Waals surface area contributed by atoms with Gasteiger partial charge >= 0.3 is 5.97 Å². The molecule has 6 nitrogen and oxygen atoms in total. The van der Waals surface area contributed by atoms with E-state index in [1.54, 1.807) is 28.0 Å². The Balaban J connectivity index is 1.83. The van der Waals surface area contributed by atoms with Crippen molar-refractivity contribution >= 4 is 38.9 Å². The van der Waals surface area contributed by atoms with Crippen molar-refractivity contribution in [3.8, 4) is 10.4 Å². The van der Waals surface area contributed by atoms with E-state index in [2.05, 4.69) is 4.74 Å². The first kappa shape index (κ1) is 17.7. The second-order valence-corrected chi connectivity index (χ2v) is 7.64. The second kappa shape index (κ2) is 7.13. The minimum Gasteiger partial charge on any atom is -0.463 e. The largest absolute Gasteiger partial charge is 0.463 e. The number of nitrogens with zero attached hydrogens (tertiary/aromatic N) is 2. The molecule has 0 unspecified atom stereocenters. The predicted molar refractivity (Wildman–Crippen MR) is 106 cm³/mol. The maximum atomic E-state index is 13.3. The van der Waals surface area contributed by atoms with E-state index in [1.807, 2.05) is 29.8 Å². The quantitative estimate of drug-likeness (QED) is 0.470. The fourth-order valence-electron chi connectivity index (χ4n) is 2.94. The number of fused-ring (bicyclic) bond motifs is 1. The molecule has 0 fully saturated rings. The summed E-state index contributed by atoms with van der Waals surface area (Å²) in [5, 5.41) is 4.60. The number of ether oxygens (including phenoxy) is 1. The van der Waals surface area contributed by atoms with Gasteiger partial charge in [0.05, 0.1) is 19.0 Å². The van der Waals surface area contributed by atoms with Crippen LogP contribution in [-0.4, -0.2) is 22.6 Å². The molecule has 0 radical (unpaired) electrons. The summed E-state index contributed by atoms with van der Waals surface area (Å²) in [7, 11) is 1.30. The fourth-order valence-corrected chi connectivity index (χ4v) is 4.71. The van der Waals surface area contributed by atoms with Crippen LogP contribution in [0.2, 0.25) is 0 Å². The molecule has 27 heavy (non-hydrogen) atoms. The van der Waals surface area contributed by atoms with Crippen molar-refractivity contribution in [2.75, 3.05) is 7.11 Å². The summed E-state index contributed by atoms with van der Waals surface area (Å²) < 4.78 is 11.8. The van der Waals surface area contributed by atoms with Gasteiger partial charge in [0, 0.05) is 22.2 Å². The molecule has 0 aromatic carbocycles. The molecule has 0 bridgehead atoms. The normalized spacial score (nSPS) is 11.2. The first-order valence-corrected chi connectivity index (χ1v) is 10.1. The van der Waals surface area contributed by atoms with Crippen LogP contribution >= 0.6 is 22.7 Å². The lowest BCUT2D eigenvalue weighted by atomic mass is 10.2. The third kappa shape index (κ3) is 3.11. The van der Waals surface area contributed by atoms with Gasteiger partial charge in [-0.15, -0.1) is 22.7 Å². The fraction of sp³-hybridized carbons (Fsp3) is 0.211. The van der Waals surface area contributed by atoms with Crippen LogP contribution in [0.15, 0.2) is 44.2 Å². The van der Waals surface area contributed by atoms with Crippen LogP contribution in [0, 0.1) is 0 Å². The summed E-state index contributed by atoms with van der Waals surface area (Å²) >= 11 is 3.07. The molecule has 0 N–H and O–H groups in total. The van der Waals surface area contributed by atoms with E-state index in [0.717, 1.165) is 15.3 Å². The number of carbonyl (C=O) groups excluding carboxylic acids is 1. The Labute approximate surface area is 162 Å². The third-order valence-electron chi connectivity index (χ3n) is 4.24. The summed E-state index contributed by atoms with van der Waals surface area (Å²) in [4.78, 5) is 31.4. The summed E-state index contributed by atoms with van der Waals surface area (Å²) in [5.74, 6) is 0.752. The van der Waals surface area contributed by atoms with Gasteiger partial charge in [-0.3, -0.25) is 9.36 Å². The summed E-state index contributed by atoms with van der Waals surface area (Å²) in [6.07, 6.45) is 0.613. The lowest BCUT2D eigenvalue weighted by Crippen LogP contribution is -2.25. The summed E-state index contributed by atoms with van der Waals surface area (Å²) in [5.41, 5.74) is 0.811. The number of aromatic nitrogens is 2. The molecule has 0 aliphatic heterocycles. The summed E-state index contributed by atoms with van der Waals surface area (Å²) in [6, 6.07) is 7.19. The first-order valence-electron chi connectivity index (χ1n) is 8.34. The Morgan fingerprint density at radius 3 is 2.85 bits per heavy atom. The maximum absolute atomic E-state index is 13.3. The molecule has 0 atom stereocenters. The molecular formula is C19H16N2O4S2. The molecule has 0 aliphatic rings. The minimum atomic E-state index is -0.546. The highest BCUT2D eigenvalue weighted by Crippen LogP contribution is 2.33. The Morgan fingerprint density at radius 1 is 1.30 bits per heavy atom. The van der Waals surface area contributed by atoms with Crippen molar-refractivity contribution in [1.82, 2.24) is 9.55 Å². The lowest BCUT2D eigenvalue weighted by Gasteiger charge is -2.10. The van der Waals surface area contributed by atoms with Gasteiger partial charge in [0.25, 0.3) is 5.56 Å². The van der Waals surface area contributed by atoms with Gasteiger partial charge in [0.2, 0.25) is 5.76 Å². The minimum absolute atomic E-state index is 0.0995. The number of thiophene rings is 2. The lowest BCUT2D eigenvalue weighted by molar-refractivity contribution is 0.0563. The average Bonchev–Trinajstić information content (AvgIpc) is 3.43. The van der Waals surface area contributed by atoms with Crippen LogP contribution in [0.3, 0.4) is 0 Å². The van der Waals surface area contributed by atoms with Crippen molar-refractivity contribution in [3.63, 3.8) is 0 Å². The van der Waals surface area contributed by atoms with E-state index in [4.69, 9.17) is 9.40 Å². The van der Waals surface area contributed by atoms with E-state index in [9.17, 15) is 9.59 Å². The molecule has 4 aromatic rings. The molecule has 0 saturated heterocycles. The van der Waals surface area contributed by atoms with Crippen LogP contribution in [0.1, 0.15) is 29.1 Å². The van der Waals surface area contributed by atoms with Gasteiger partial charge in [0.15, 0.2) is 0 Å². The average molecular weight is 400 g/mol. The van der Waals surface area contributed by atoms with Gasteiger partial charge in [-0.2, -0.15) is 0 Å². The zero-order chi connectivity index (χ0) is 19.0. The molecule has 8 heteroatoms. The molecule has 0 aliphatic carbocycles. The first-order chi connectivity index (χ1) is 13.1. The second-order valence-electron chi connectivity index (χ2n) is 5.84. The highest BCUT2D eigenvalue weighted by atomic mass is 32.1. The van der Waals surface area contributed by atoms with E-state index in [1.165, 1.54) is 18.4 Å². The molecule has 4 rings (SSSR count). The van der Waals surface area contributed by atoms with Crippen molar-refractivity contribution in [1.29, 1.82) is 0 Å². The molecule has 0 spiro atoms. The topological polar surface area (TPSA) is 74.3 Å². The number of hydrogen-bond donors (Lipinski definition) is 0. The highest BCUT2D eigenvalue weighted by Gasteiger charge is 2.18. The molecule has 0 saturated carbocycles. The van der Waals surface area contributed by atoms with Crippen molar-refractivity contribution in [3.05, 3.63) is 62.7 Å². The SMILES string of the molecule is CCc1nc2scc(-c3cccs3)c2c(=O)n1Cc1ccc(C(=O)OC)o1. The van der Waals surface area contributed by atoms with Crippen molar-refractivity contribution < 1.29 is 13.9 Å². The monoisotopic (exact) mass is 400 g/mol. The van der Waals surface area contributed by atoms with Crippen molar-refractivity contribution in [2.24, 2.45) is 0 Å². The zero-order valence-corrected chi connectivity index (χ0v) is 16.4. The number of methoxy groups -OCH3 is 1. The van der Waals surface area contributed by atoms with Crippen LogP contribution < -0.4 is 5.56 Å². The van der Waals surface area contributed by atoms with Gasteiger partial charge in [-0.1, -0.05) is 13.0 Å². The third-order valence-corrected chi connectivity index (χ3v) is 6.01. The zero-order valence-electron chi connectivity index (χ0n) is 14.7. The highest BCUT2D eigenvalue weighted by molar-refractivity contribution is 7.18. The Hall–Kier alpha value is -2.71. The standard InChI is InChI=1S/C19H16N2O4S2/c1-3-15-20-17-16(12(10-27-17)14-5-4-8-26-14)18(22)21(15)9-11-6-7-13(25-11)19(23)24-2/h4-8,10H,3,9H2,1-2H3. The maximum Gasteiger partial charge on any atom is 0.373 e. The number of rotatable bonds is 5. The smallest absolute Gasteiger partial charge is 0.373 e. The van der Waals surface area contributed by atoms with Crippen LogP contribution in [-0.2, 0) is 17.7 Å². The van der Waals surface area contributed by atoms with Crippen LogP contribution in [0.4, 0.5) is 0 Å². The van der Waals surface area contributed by atoms with E-state index in [0.29, 0.717) is 23.4 Å². The molecule has 0 amide bonds. The Kier molecular flexibility index (Phi) is 4.67. The van der Waals surface area contributed by atoms with Gasteiger partial charge in [-0.05, 0) is 23.6 Å². The predicted octanol–water partition coefficient (Wildman–Crippen LogP) is 4.18. The van der Waals surface area contributed by atoms with Crippen LogP contribution in [0.25, 0.3) is 20.7 Å². The molecule has 4 heterocycles. The Morgan fingerprint density at radius 2 is 2.15 bits per heavy atom. The molecular weight excluding hydrogens is 384 g/mol.